The molecule has 0 saturated carbocycles. The summed E-state index contributed by atoms with van der Waals surface area (Å²) < 4.78 is 16.3. The number of hydrogen-bond donors (Lipinski definition) is 0. The molecule has 0 spiro atoms. The molecule has 0 amide bonds. The Kier molecular flexibility index (Phi) is 3.84. The summed E-state index contributed by atoms with van der Waals surface area (Å²) in [6.45, 7) is 6.22. The van der Waals surface area contributed by atoms with Crippen molar-refractivity contribution in [1.82, 2.24) is 0 Å². The van der Waals surface area contributed by atoms with Gasteiger partial charge in [0.25, 0.3) is 0 Å². The summed E-state index contributed by atoms with van der Waals surface area (Å²) in [5.41, 5.74) is 2.56. The topological polar surface area (TPSA) is 51.9 Å². The highest BCUT2D eigenvalue weighted by molar-refractivity contribution is 5.84. The lowest BCUT2D eigenvalue weighted by atomic mass is 10.1. The second-order valence-electron chi connectivity index (χ2n) is 5.91. The predicted octanol–water partition coefficient (Wildman–Crippen LogP) is 4.03. The number of ether oxygens (including phenoxy) is 2. The zero-order valence-corrected chi connectivity index (χ0v) is 14.2. The van der Waals surface area contributed by atoms with E-state index in [-0.39, 0.29) is 12.4 Å². The van der Waals surface area contributed by atoms with Crippen molar-refractivity contribution in [2.24, 2.45) is 0 Å². The van der Waals surface area contributed by atoms with Crippen molar-refractivity contribution in [3.05, 3.63) is 52.9 Å². The second-order valence-corrected chi connectivity index (χ2v) is 5.91. The van der Waals surface area contributed by atoms with Crippen molar-refractivity contribution in [2.75, 3.05) is 24.8 Å². The molecule has 1 aliphatic heterocycles. The minimum Gasteiger partial charge on any atom is -0.454 e. The van der Waals surface area contributed by atoms with Gasteiger partial charge in [-0.05, 0) is 49.7 Å². The average Bonchev–Trinajstić information content (AvgIpc) is 3.09. The summed E-state index contributed by atoms with van der Waals surface area (Å²) in [6.07, 6.45) is 0. The van der Waals surface area contributed by atoms with Crippen LogP contribution in [-0.4, -0.2) is 19.9 Å². The third kappa shape index (κ3) is 2.71. The Hall–Kier alpha value is -2.95. The molecule has 5 nitrogen and oxygen atoms in total. The molecule has 5 heteroatoms. The van der Waals surface area contributed by atoms with E-state index in [0.29, 0.717) is 22.6 Å². The molecule has 0 unspecified atom stereocenters. The maximum absolute atomic E-state index is 12.5. The van der Waals surface area contributed by atoms with Crippen LogP contribution in [0.2, 0.25) is 0 Å². The van der Waals surface area contributed by atoms with E-state index >= 15 is 0 Å². The van der Waals surface area contributed by atoms with Gasteiger partial charge in [-0.1, -0.05) is 6.07 Å². The molecule has 3 aromatic rings. The number of nitrogens with zero attached hydrogens (tertiary/aromatic N) is 1. The lowest BCUT2D eigenvalue weighted by Gasteiger charge is -2.21. The molecule has 2 heterocycles. The summed E-state index contributed by atoms with van der Waals surface area (Å²) in [4.78, 5) is 14.7. The van der Waals surface area contributed by atoms with Crippen LogP contribution in [0.15, 0.2) is 51.7 Å². The molecule has 128 valence electrons. The van der Waals surface area contributed by atoms with Crippen molar-refractivity contribution < 1.29 is 13.9 Å². The molecular formula is C20H19NO4. The molecule has 0 fully saturated rings. The summed E-state index contributed by atoms with van der Waals surface area (Å²) in [7, 11) is 0. The lowest BCUT2D eigenvalue weighted by Crippen LogP contribution is -2.21. The third-order valence-corrected chi connectivity index (χ3v) is 4.53. The van der Waals surface area contributed by atoms with Gasteiger partial charge in [-0.25, -0.2) is 4.79 Å². The molecule has 0 N–H and O–H groups in total. The van der Waals surface area contributed by atoms with Gasteiger partial charge < -0.3 is 18.8 Å². The van der Waals surface area contributed by atoms with Crippen LogP contribution in [0.3, 0.4) is 0 Å². The Bertz CT molecular complexity index is 989. The Morgan fingerprint density at radius 3 is 2.56 bits per heavy atom. The molecule has 0 aliphatic carbocycles. The van der Waals surface area contributed by atoms with E-state index < -0.39 is 0 Å². The quantitative estimate of drug-likeness (QED) is 0.673. The highest BCUT2D eigenvalue weighted by atomic mass is 16.7. The van der Waals surface area contributed by atoms with Crippen LogP contribution >= 0.6 is 0 Å². The Labute approximate surface area is 145 Å². The first kappa shape index (κ1) is 15.6. The monoisotopic (exact) mass is 337 g/mol. The first-order valence-corrected chi connectivity index (χ1v) is 8.42. The van der Waals surface area contributed by atoms with Crippen molar-refractivity contribution in [3.63, 3.8) is 0 Å². The van der Waals surface area contributed by atoms with Gasteiger partial charge in [0.05, 0.1) is 5.56 Å². The largest absolute Gasteiger partial charge is 0.454 e. The van der Waals surface area contributed by atoms with Crippen LogP contribution in [0.1, 0.15) is 13.8 Å². The SMILES string of the molecule is CCN(CC)c1ccc2cc(-c3ccc4c(c3)OCO4)c(=O)oc2c1. The van der Waals surface area contributed by atoms with Crippen LogP contribution in [-0.2, 0) is 0 Å². The van der Waals surface area contributed by atoms with Gasteiger partial charge in [0, 0.05) is 30.2 Å². The predicted molar refractivity (Wildman–Crippen MR) is 97.6 cm³/mol. The third-order valence-electron chi connectivity index (χ3n) is 4.53. The highest BCUT2D eigenvalue weighted by Crippen LogP contribution is 2.35. The van der Waals surface area contributed by atoms with Crippen LogP contribution in [0, 0.1) is 0 Å². The van der Waals surface area contributed by atoms with Gasteiger partial charge in [-0.15, -0.1) is 0 Å². The summed E-state index contributed by atoms with van der Waals surface area (Å²) in [6, 6.07) is 13.3. The van der Waals surface area contributed by atoms with E-state index in [1.165, 1.54) is 0 Å². The van der Waals surface area contributed by atoms with E-state index in [4.69, 9.17) is 13.9 Å². The number of benzene rings is 2. The molecule has 0 atom stereocenters. The van der Waals surface area contributed by atoms with Crippen molar-refractivity contribution in [1.29, 1.82) is 0 Å². The fourth-order valence-electron chi connectivity index (χ4n) is 3.15. The van der Waals surface area contributed by atoms with Gasteiger partial charge in [0.15, 0.2) is 11.5 Å². The lowest BCUT2D eigenvalue weighted by molar-refractivity contribution is 0.174. The molecule has 0 radical (unpaired) electrons. The summed E-state index contributed by atoms with van der Waals surface area (Å²) in [5, 5.41) is 0.892. The Morgan fingerprint density at radius 1 is 0.960 bits per heavy atom. The smallest absolute Gasteiger partial charge is 0.344 e. The van der Waals surface area contributed by atoms with E-state index in [1.54, 1.807) is 0 Å². The van der Waals surface area contributed by atoms with Gasteiger partial charge in [0.2, 0.25) is 6.79 Å². The number of hydrogen-bond acceptors (Lipinski definition) is 5. The molecule has 1 aromatic heterocycles. The molecular weight excluding hydrogens is 318 g/mol. The summed E-state index contributed by atoms with van der Waals surface area (Å²) in [5.74, 6) is 1.34. The minimum atomic E-state index is -0.358. The molecule has 4 rings (SSSR count). The van der Waals surface area contributed by atoms with E-state index in [0.717, 1.165) is 29.7 Å². The maximum Gasteiger partial charge on any atom is 0.344 e. The maximum atomic E-state index is 12.5. The Morgan fingerprint density at radius 2 is 1.76 bits per heavy atom. The molecule has 0 bridgehead atoms. The standard InChI is InChI=1S/C20H19NO4/c1-3-21(4-2)15-7-5-14-9-16(20(22)25-18(14)11-15)13-6-8-17-19(10-13)24-12-23-17/h5-11H,3-4,12H2,1-2H3. The minimum absolute atomic E-state index is 0.208. The van der Waals surface area contributed by atoms with Crippen LogP contribution in [0.25, 0.3) is 22.1 Å². The van der Waals surface area contributed by atoms with Crippen LogP contribution < -0.4 is 20.0 Å². The molecule has 2 aromatic carbocycles. The fourth-order valence-corrected chi connectivity index (χ4v) is 3.15. The van der Waals surface area contributed by atoms with Gasteiger partial charge in [0.1, 0.15) is 5.58 Å². The highest BCUT2D eigenvalue weighted by Gasteiger charge is 2.16. The zero-order chi connectivity index (χ0) is 17.4. The number of fused-ring (bicyclic) bond motifs is 2. The van der Waals surface area contributed by atoms with Crippen molar-refractivity contribution in [3.8, 4) is 22.6 Å². The summed E-state index contributed by atoms with van der Waals surface area (Å²) >= 11 is 0. The zero-order valence-electron chi connectivity index (χ0n) is 14.2. The Balaban J connectivity index is 1.80. The normalized spacial score (nSPS) is 12.6. The van der Waals surface area contributed by atoms with Gasteiger partial charge >= 0.3 is 5.63 Å². The second kappa shape index (κ2) is 6.16. The molecule has 25 heavy (non-hydrogen) atoms. The number of anilines is 1. The van der Waals surface area contributed by atoms with Gasteiger partial charge in [-0.3, -0.25) is 0 Å². The van der Waals surface area contributed by atoms with Gasteiger partial charge in [-0.2, -0.15) is 0 Å². The van der Waals surface area contributed by atoms with E-state index in [2.05, 4.69) is 24.8 Å². The van der Waals surface area contributed by atoms with Crippen LogP contribution in [0.4, 0.5) is 5.69 Å². The molecule has 0 saturated heterocycles. The van der Waals surface area contributed by atoms with Crippen LogP contribution in [0.5, 0.6) is 11.5 Å². The van der Waals surface area contributed by atoms with E-state index in [1.807, 2.05) is 36.4 Å². The fraction of sp³-hybridized carbons (Fsp3) is 0.250. The van der Waals surface area contributed by atoms with E-state index in [9.17, 15) is 4.79 Å². The first-order valence-electron chi connectivity index (χ1n) is 8.42. The van der Waals surface area contributed by atoms with Crippen molar-refractivity contribution in [2.45, 2.75) is 13.8 Å². The first-order chi connectivity index (χ1) is 12.2. The molecule has 1 aliphatic rings. The average molecular weight is 337 g/mol. The van der Waals surface area contributed by atoms with Crippen molar-refractivity contribution >= 4 is 16.7 Å². The number of rotatable bonds is 4.